The maximum Gasteiger partial charge on any atom is 0.0541 e. The molecule has 22 aromatic carbocycles. The van der Waals surface area contributed by atoms with E-state index in [4.69, 9.17) is 0 Å². The number of aromatic nitrogens is 4. The summed E-state index contributed by atoms with van der Waals surface area (Å²) in [4.78, 5) is 4.68. The van der Waals surface area contributed by atoms with Crippen molar-refractivity contribution in [1.29, 1.82) is 0 Å². The molecule has 4 heterocycles. The molecule has 0 bridgehead atoms. The number of para-hydroxylation sites is 8. The van der Waals surface area contributed by atoms with Gasteiger partial charge in [-0.2, -0.15) is 0 Å². The van der Waals surface area contributed by atoms with Crippen LogP contribution in [0, 0.1) is 0 Å². The Labute approximate surface area is 776 Å². The molecular weight excluding hydrogens is 1620 g/mol. The van der Waals surface area contributed by atoms with E-state index in [0.717, 1.165) is 56.9 Å². The summed E-state index contributed by atoms with van der Waals surface area (Å²) in [6.07, 6.45) is 0. The van der Waals surface area contributed by atoms with E-state index in [1.807, 2.05) is 0 Å². The summed E-state index contributed by atoms with van der Waals surface area (Å²) in [5.74, 6) is 0. The van der Waals surface area contributed by atoms with Crippen molar-refractivity contribution in [1.82, 2.24) is 18.3 Å². The average molecular weight is 1710 g/mol. The van der Waals surface area contributed by atoms with E-state index < -0.39 is 0 Å². The lowest BCUT2D eigenvalue weighted by Crippen LogP contribution is -2.10. The van der Waals surface area contributed by atoms with Crippen LogP contribution in [0.15, 0.2) is 522 Å². The molecule has 0 saturated carbocycles. The van der Waals surface area contributed by atoms with Crippen LogP contribution in [-0.2, 0) is 0 Å². The van der Waals surface area contributed by atoms with Gasteiger partial charge < -0.3 is 28.1 Å². The smallest absolute Gasteiger partial charge is 0.0541 e. The van der Waals surface area contributed by atoms with E-state index in [2.05, 4.69) is 550 Å². The van der Waals surface area contributed by atoms with E-state index in [9.17, 15) is 0 Å². The van der Waals surface area contributed by atoms with Gasteiger partial charge in [0.25, 0.3) is 0 Å². The predicted octanol–water partition coefficient (Wildman–Crippen LogP) is 35.0. The van der Waals surface area contributed by atoms with Gasteiger partial charge in [0.15, 0.2) is 0 Å². The number of anilines is 6. The average Bonchev–Trinajstić information content (AvgIpc) is 1.62. The minimum Gasteiger partial charge on any atom is -0.311 e. The first-order valence-electron chi connectivity index (χ1n) is 46.0. The summed E-state index contributed by atoms with van der Waals surface area (Å²) in [7, 11) is 0. The van der Waals surface area contributed by atoms with Crippen LogP contribution in [0.1, 0.15) is 0 Å². The Morgan fingerprint density at radius 2 is 0.351 bits per heavy atom. The SMILES string of the molecule is c1ccc(N(c2ccc(-c3ccc4c(c3)c3cc(-c5ccc(-c6ccc7ccccc7c6)cc5)ccc3n4-c3ccccc3)cc2)c2ccc(-n3c4ccccc4c4ccccc43)cc2)cc1.c1ccc(N(c2ccc(-c3ccc4c(c3)c3cc(-c5ccc(-c6cccc7ccccc67)cc5)ccc3n4-c3ccccc3)cc2)c2ccc(-n3c4ccccc4c4ccccc43)cc2)cc1. The van der Waals surface area contributed by atoms with Gasteiger partial charge in [0.1, 0.15) is 0 Å². The van der Waals surface area contributed by atoms with E-state index >= 15 is 0 Å². The minimum absolute atomic E-state index is 1.09. The second kappa shape index (κ2) is 33.3. The molecule has 0 aliphatic carbocycles. The molecule has 26 rings (SSSR count). The summed E-state index contributed by atoms with van der Waals surface area (Å²) in [5.41, 5.74) is 35.1. The van der Waals surface area contributed by atoms with Crippen LogP contribution in [0.25, 0.3) is 198 Å². The molecule has 134 heavy (non-hydrogen) atoms. The number of fused-ring (bicyclic) bond motifs is 14. The third-order valence-corrected chi connectivity index (χ3v) is 27.0. The van der Waals surface area contributed by atoms with Crippen LogP contribution in [0.4, 0.5) is 34.1 Å². The van der Waals surface area contributed by atoms with Crippen molar-refractivity contribution in [3.8, 4) is 89.5 Å². The van der Waals surface area contributed by atoms with E-state index in [-0.39, 0.29) is 0 Å². The van der Waals surface area contributed by atoms with Gasteiger partial charge >= 0.3 is 0 Å². The van der Waals surface area contributed by atoms with Crippen LogP contribution in [-0.4, -0.2) is 18.3 Å². The lowest BCUT2D eigenvalue weighted by Gasteiger charge is -2.26. The molecule has 0 unspecified atom stereocenters. The number of nitrogens with zero attached hydrogens (tertiary/aromatic N) is 6. The van der Waals surface area contributed by atoms with Crippen molar-refractivity contribution < 1.29 is 0 Å². The van der Waals surface area contributed by atoms with Crippen molar-refractivity contribution in [3.05, 3.63) is 522 Å². The molecule has 0 N–H and O–H groups in total. The van der Waals surface area contributed by atoms with E-state index in [1.165, 1.54) is 176 Å². The Morgan fingerprint density at radius 1 is 0.119 bits per heavy atom. The highest BCUT2D eigenvalue weighted by Crippen LogP contribution is 2.46. The molecule has 0 aliphatic heterocycles. The molecule has 26 aromatic rings. The Bertz CT molecular complexity index is 8810. The van der Waals surface area contributed by atoms with Crippen molar-refractivity contribution in [2.24, 2.45) is 0 Å². The van der Waals surface area contributed by atoms with Gasteiger partial charge in [0.2, 0.25) is 0 Å². The van der Waals surface area contributed by atoms with Gasteiger partial charge in [-0.05, 0) is 288 Å². The van der Waals surface area contributed by atoms with E-state index in [0.29, 0.717) is 0 Å². The molecule has 6 nitrogen and oxygen atoms in total. The van der Waals surface area contributed by atoms with Gasteiger partial charge in [-0.15, -0.1) is 0 Å². The third kappa shape index (κ3) is 14.0. The zero-order valence-corrected chi connectivity index (χ0v) is 73.3. The maximum absolute atomic E-state index is 2.40. The van der Waals surface area contributed by atoms with E-state index in [1.54, 1.807) is 0 Å². The predicted molar refractivity (Wildman–Crippen MR) is 567 cm³/mol. The standard InChI is InChI=1S/2C64H43N3/c1-3-16-50(17-4-1)65(53-36-38-54(39-37-53)67-61-24-11-9-21-57(61)58-22-10-12-25-62(58)67)52-34-30-45(31-35-52)49-33-41-64-60(43-49)59-42-48(32-40-63(59)66(64)51-18-5-2-6-19-51)44-26-28-47(29-27-44)56-23-13-15-46-14-7-8-20-55(46)56;1-3-15-52(16-4-1)65(55-35-37-56(38-36-55)67-61-21-11-9-19-57(61)58-20-10-12-22-62(58)67)54-33-29-47(30-34-54)51-32-40-64-60(43-51)59-42-50(31-39-63(59)66(64)53-17-5-2-6-18-53)46-25-23-45(24-26-46)49-28-27-44-13-7-8-14-48(44)41-49/h2*1-43H. The zero-order chi connectivity index (χ0) is 88.5. The molecule has 0 saturated heterocycles. The summed E-state index contributed by atoms with van der Waals surface area (Å²) in [6, 6.07) is 190. The topological polar surface area (TPSA) is 26.2 Å². The summed E-state index contributed by atoms with van der Waals surface area (Å²) in [5, 5.41) is 15.0. The molecule has 4 aromatic heterocycles. The van der Waals surface area contributed by atoms with Crippen LogP contribution in [0.3, 0.4) is 0 Å². The van der Waals surface area contributed by atoms with Gasteiger partial charge in [-0.3, -0.25) is 0 Å². The first-order valence-corrected chi connectivity index (χ1v) is 46.0. The number of benzene rings is 22. The summed E-state index contributed by atoms with van der Waals surface area (Å²) < 4.78 is 9.54. The van der Waals surface area contributed by atoms with Crippen LogP contribution < -0.4 is 9.80 Å². The first kappa shape index (κ1) is 78.4. The molecule has 0 fully saturated rings. The Kier molecular flexibility index (Phi) is 19.5. The lowest BCUT2D eigenvalue weighted by atomic mass is 9.95. The van der Waals surface area contributed by atoms with Gasteiger partial charge in [0, 0.05) is 100.0 Å². The lowest BCUT2D eigenvalue weighted by molar-refractivity contribution is 1.17. The van der Waals surface area contributed by atoms with Crippen molar-refractivity contribution >= 4 is 143 Å². The van der Waals surface area contributed by atoms with Gasteiger partial charge in [0.05, 0.1) is 44.1 Å². The largest absolute Gasteiger partial charge is 0.311 e. The van der Waals surface area contributed by atoms with Gasteiger partial charge in [-0.1, -0.05) is 322 Å². The molecule has 0 atom stereocenters. The normalized spacial score (nSPS) is 11.6. The first-order chi connectivity index (χ1) is 66.4. The fourth-order valence-corrected chi connectivity index (χ4v) is 20.6. The maximum atomic E-state index is 2.40. The van der Waals surface area contributed by atoms with Crippen LogP contribution in [0.2, 0.25) is 0 Å². The van der Waals surface area contributed by atoms with Crippen molar-refractivity contribution in [2.75, 3.05) is 9.80 Å². The molecule has 628 valence electrons. The third-order valence-electron chi connectivity index (χ3n) is 27.0. The summed E-state index contributed by atoms with van der Waals surface area (Å²) >= 11 is 0. The van der Waals surface area contributed by atoms with Crippen molar-refractivity contribution in [2.45, 2.75) is 0 Å². The minimum atomic E-state index is 1.09. The monoisotopic (exact) mass is 1710 g/mol. The van der Waals surface area contributed by atoms with Crippen LogP contribution >= 0.6 is 0 Å². The summed E-state index contributed by atoms with van der Waals surface area (Å²) in [6.45, 7) is 0. The van der Waals surface area contributed by atoms with Gasteiger partial charge in [-0.25, -0.2) is 0 Å². The fourth-order valence-electron chi connectivity index (χ4n) is 20.6. The Hall–Kier alpha value is -17.8. The Morgan fingerprint density at radius 3 is 0.709 bits per heavy atom. The second-order valence-electron chi connectivity index (χ2n) is 34.7. The number of hydrogen-bond acceptors (Lipinski definition) is 2. The van der Waals surface area contributed by atoms with Crippen molar-refractivity contribution in [3.63, 3.8) is 0 Å². The molecule has 0 amide bonds. The highest BCUT2D eigenvalue weighted by Gasteiger charge is 2.23. The van der Waals surface area contributed by atoms with Crippen LogP contribution in [0.5, 0.6) is 0 Å². The molecule has 6 heteroatoms. The molecule has 0 radical (unpaired) electrons. The molecule has 0 aliphatic rings. The molecule has 0 spiro atoms. The number of rotatable bonds is 16. The quantitative estimate of drug-likeness (QED) is 0.0964. The number of hydrogen-bond donors (Lipinski definition) is 0. The highest BCUT2D eigenvalue weighted by atomic mass is 15.2. The highest BCUT2D eigenvalue weighted by molar-refractivity contribution is 6.15. The zero-order valence-electron chi connectivity index (χ0n) is 73.3. The fraction of sp³-hybridized carbons (Fsp3) is 0. The Balaban J connectivity index is 0.000000143. The molecular formula is C128H86N6. The second-order valence-corrected chi connectivity index (χ2v) is 34.7.